The van der Waals surface area contributed by atoms with E-state index in [-0.39, 0.29) is 15.7 Å². The van der Waals surface area contributed by atoms with E-state index in [4.69, 9.17) is 23.2 Å². The SMILES string of the molecule is CON=Cc1cc([N+](=O)[O-])c(Cl)cc1Cl. The lowest BCUT2D eigenvalue weighted by Crippen LogP contribution is -1.92. The molecule has 0 aromatic heterocycles. The fraction of sp³-hybridized carbons (Fsp3) is 0.125. The number of rotatable bonds is 3. The number of nitro benzene ring substituents is 1. The van der Waals surface area contributed by atoms with E-state index in [0.29, 0.717) is 5.56 Å². The first kappa shape index (κ1) is 11.7. The van der Waals surface area contributed by atoms with Crippen molar-refractivity contribution < 1.29 is 9.76 Å². The summed E-state index contributed by atoms with van der Waals surface area (Å²) in [6.07, 6.45) is 1.27. The van der Waals surface area contributed by atoms with Crippen molar-refractivity contribution in [2.75, 3.05) is 7.11 Å². The van der Waals surface area contributed by atoms with E-state index in [1.807, 2.05) is 0 Å². The Balaban J connectivity index is 3.23. The molecule has 80 valence electrons. The Labute approximate surface area is 95.4 Å². The van der Waals surface area contributed by atoms with Crippen LogP contribution in [-0.2, 0) is 4.84 Å². The van der Waals surface area contributed by atoms with Crippen LogP contribution in [0.4, 0.5) is 5.69 Å². The van der Waals surface area contributed by atoms with Gasteiger partial charge in [0.15, 0.2) is 0 Å². The van der Waals surface area contributed by atoms with Gasteiger partial charge in [0.2, 0.25) is 0 Å². The lowest BCUT2D eigenvalue weighted by Gasteiger charge is -1.99. The van der Waals surface area contributed by atoms with Gasteiger partial charge in [-0.2, -0.15) is 0 Å². The highest BCUT2D eigenvalue weighted by Gasteiger charge is 2.15. The van der Waals surface area contributed by atoms with Crippen molar-refractivity contribution in [1.29, 1.82) is 0 Å². The predicted molar refractivity (Wildman–Crippen MR) is 57.7 cm³/mol. The van der Waals surface area contributed by atoms with Crippen LogP contribution < -0.4 is 0 Å². The molecule has 0 N–H and O–H groups in total. The summed E-state index contributed by atoms with van der Waals surface area (Å²) in [6.45, 7) is 0. The zero-order valence-electron chi connectivity index (χ0n) is 7.61. The molecule has 5 nitrogen and oxygen atoms in total. The fourth-order valence-corrected chi connectivity index (χ4v) is 1.40. The van der Waals surface area contributed by atoms with E-state index < -0.39 is 4.92 Å². The zero-order chi connectivity index (χ0) is 11.4. The van der Waals surface area contributed by atoms with Gasteiger partial charge in [-0.15, -0.1) is 0 Å². The molecule has 0 aliphatic carbocycles. The Morgan fingerprint density at radius 2 is 2.13 bits per heavy atom. The lowest BCUT2D eigenvalue weighted by molar-refractivity contribution is -0.384. The molecule has 1 aromatic carbocycles. The topological polar surface area (TPSA) is 64.7 Å². The summed E-state index contributed by atoms with van der Waals surface area (Å²) >= 11 is 11.4. The molecule has 0 bridgehead atoms. The summed E-state index contributed by atoms with van der Waals surface area (Å²) in [7, 11) is 1.36. The molecule has 7 heteroatoms. The van der Waals surface area contributed by atoms with Crippen LogP contribution >= 0.6 is 23.2 Å². The molecule has 0 atom stereocenters. The maximum Gasteiger partial charge on any atom is 0.288 e. The fourth-order valence-electron chi connectivity index (χ4n) is 0.902. The molecule has 0 unspecified atom stereocenters. The van der Waals surface area contributed by atoms with Crippen molar-refractivity contribution in [2.24, 2.45) is 5.16 Å². The summed E-state index contributed by atoms with van der Waals surface area (Å²) < 4.78 is 0. The molecule has 0 fully saturated rings. The summed E-state index contributed by atoms with van der Waals surface area (Å²) in [5.74, 6) is 0. The normalized spacial score (nSPS) is 10.6. The second-order valence-electron chi connectivity index (χ2n) is 2.50. The third-order valence-electron chi connectivity index (χ3n) is 1.56. The Bertz CT molecular complexity index is 421. The number of oxime groups is 1. The molecule has 0 radical (unpaired) electrons. The molecule has 0 saturated heterocycles. The molecule has 1 aromatic rings. The van der Waals surface area contributed by atoms with E-state index in [0.717, 1.165) is 0 Å². The van der Waals surface area contributed by atoms with Gasteiger partial charge in [0.1, 0.15) is 12.1 Å². The van der Waals surface area contributed by atoms with Crippen molar-refractivity contribution in [3.63, 3.8) is 0 Å². The van der Waals surface area contributed by atoms with Crippen LogP contribution in [0.15, 0.2) is 17.3 Å². The van der Waals surface area contributed by atoms with Crippen molar-refractivity contribution in [2.45, 2.75) is 0 Å². The number of nitrogens with zero attached hydrogens (tertiary/aromatic N) is 2. The van der Waals surface area contributed by atoms with Crippen LogP contribution in [-0.4, -0.2) is 18.2 Å². The predicted octanol–water partition coefficient (Wildman–Crippen LogP) is 2.88. The highest BCUT2D eigenvalue weighted by atomic mass is 35.5. The Kier molecular flexibility index (Phi) is 3.88. The average Bonchev–Trinajstić information content (AvgIpc) is 2.16. The van der Waals surface area contributed by atoms with Gasteiger partial charge in [-0.3, -0.25) is 10.1 Å². The minimum Gasteiger partial charge on any atom is -0.399 e. The van der Waals surface area contributed by atoms with Crippen LogP contribution in [0, 0.1) is 10.1 Å². The first-order chi connectivity index (χ1) is 7.06. The first-order valence-corrected chi connectivity index (χ1v) is 4.52. The Hall–Kier alpha value is -1.33. The van der Waals surface area contributed by atoms with Crippen LogP contribution in [0.2, 0.25) is 10.0 Å². The number of nitro groups is 1. The molecule has 0 heterocycles. The van der Waals surface area contributed by atoms with E-state index in [2.05, 4.69) is 9.99 Å². The summed E-state index contributed by atoms with van der Waals surface area (Å²) in [5, 5.41) is 14.3. The second kappa shape index (κ2) is 4.95. The smallest absolute Gasteiger partial charge is 0.288 e. The van der Waals surface area contributed by atoms with Crippen LogP contribution in [0.5, 0.6) is 0 Å². The number of benzene rings is 1. The van der Waals surface area contributed by atoms with E-state index in [1.165, 1.54) is 25.5 Å². The maximum atomic E-state index is 10.6. The van der Waals surface area contributed by atoms with Crippen molar-refractivity contribution >= 4 is 35.1 Å². The van der Waals surface area contributed by atoms with Gasteiger partial charge < -0.3 is 4.84 Å². The Morgan fingerprint density at radius 3 is 2.67 bits per heavy atom. The summed E-state index contributed by atoms with van der Waals surface area (Å²) in [5.41, 5.74) is 0.147. The van der Waals surface area contributed by atoms with Crippen LogP contribution in [0.1, 0.15) is 5.56 Å². The summed E-state index contributed by atoms with van der Waals surface area (Å²) in [6, 6.07) is 2.52. The quantitative estimate of drug-likeness (QED) is 0.470. The van der Waals surface area contributed by atoms with Gasteiger partial charge in [0, 0.05) is 11.6 Å². The largest absolute Gasteiger partial charge is 0.399 e. The summed E-state index contributed by atoms with van der Waals surface area (Å²) in [4.78, 5) is 14.4. The standard InChI is InChI=1S/C8H6Cl2N2O3/c1-15-11-4-5-2-8(12(13)14)7(10)3-6(5)9/h2-4H,1H3. The molecule has 0 spiro atoms. The van der Waals surface area contributed by atoms with Gasteiger partial charge in [-0.25, -0.2) is 0 Å². The average molecular weight is 249 g/mol. The van der Waals surface area contributed by atoms with Crippen molar-refractivity contribution in [3.8, 4) is 0 Å². The lowest BCUT2D eigenvalue weighted by atomic mass is 10.2. The van der Waals surface area contributed by atoms with Gasteiger partial charge >= 0.3 is 0 Å². The molecular formula is C8H6Cl2N2O3. The highest BCUT2D eigenvalue weighted by Crippen LogP contribution is 2.29. The first-order valence-electron chi connectivity index (χ1n) is 3.76. The highest BCUT2D eigenvalue weighted by molar-refractivity contribution is 6.37. The Morgan fingerprint density at radius 1 is 1.47 bits per heavy atom. The maximum absolute atomic E-state index is 10.6. The molecule has 0 amide bonds. The molecule has 0 aliphatic rings. The third-order valence-corrected chi connectivity index (χ3v) is 2.19. The minimum atomic E-state index is -0.594. The number of halogens is 2. The van der Waals surface area contributed by atoms with E-state index in [1.54, 1.807) is 0 Å². The molecule has 15 heavy (non-hydrogen) atoms. The third kappa shape index (κ3) is 2.81. The van der Waals surface area contributed by atoms with Crippen molar-refractivity contribution in [1.82, 2.24) is 0 Å². The van der Waals surface area contributed by atoms with E-state index >= 15 is 0 Å². The number of hydrogen-bond donors (Lipinski definition) is 0. The zero-order valence-corrected chi connectivity index (χ0v) is 9.12. The molecular weight excluding hydrogens is 243 g/mol. The monoisotopic (exact) mass is 248 g/mol. The van der Waals surface area contributed by atoms with Gasteiger partial charge in [0.25, 0.3) is 5.69 Å². The minimum absolute atomic E-state index is 0.0143. The molecule has 0 saturated carbocycles. The second-order valence-corrected chi connectivity index (χ2v) is 3.31. The van der Waals surface area contributed by atoms with Gasteiger partial charge in [0.05, 0.1) is 16.2 Å². The molecule has 0 aliphatic heterocycles. The molecule has 1 rings (SSSR count). The number of hydrogen-bond acceptors (Lipinski definition) is 4. The van der Waals surface area contributed by atoms with Crippen LogP contribution in [0.3, 0.4) is 0 Å². The van der Waals surface area contributed by atoms with Crippen LogP contribution in [0.25, 0.3) is 0 Å². The van der Waals surface area contributed by atoms with E-state index in [9.17, 15) is 10.1 Å². The van der Waals surface area contributed by atoms with Gasteiger partial charge in [-0.05, 0) is 6.07 Å². The van der Waals surface area contributed by atoms with Crippen molar-refractivity contribution in [3.05, 3.63) is 37.9 Å². The van der Waals surface area contributed by atoms with Gasteiger partial charge in [-0.1, -0.05) is 28.4 Å².